The van der Waals surface area contributed by atoms with Gasteiger partial charge in [0.2, 0.25) is 0 Å². The molecule has 5 rings (SSSR count). The molecule has 5 aromatic rings. The minimum absolute atomic E-state index is 0.0148. The van der Waals surface area contributed by atoms with E-state index in [-0.39, 0.29) is 11.5 Å². The van der Waals surface area contributed by atoms with E-state index < -0.39 is 0 Å². The van der Waals surface area contributed by atoms with Gasteiger partial charge in [0.1, 0.15) is 11.3 Å². The van der Waals surface area contributed by atoms with Crippen LogP contribution in [0.15, 0.2) is 80.5 Å². The van der Waals surface area contributed by atoms with Crippen molar-refractivity contribution in [3.05, 3.63) is 99.5 Å². The average Bonchev–Trinajstić information content (AvgIpc) is 3.28. The van der Waals surface area contributed by atoms with E-state index in [0.717, 1.165) is 27.9 Å². The van der Waals surface area contributed by atoms with Crippen LogP contribution in [-0.4, -0.2) is 10.1 Å². The third kappa shape index (κ3) is 3.88. The predicted molar refractivity (Wildman–Crippen MR) is 134 cm³/mol. The Labute approximate surface area is 197 Å². The molecule has 0 radical (unpaired) electrons. The summed E-state index contributed by atoms with van der Waals surface area (Å²) < 4.78 is 11.8. The van der Waals surface area contributed by atoms with Crippen LogP contribution in [0.5, 0.6) is 0 Å². The molecule has 1 N–H and O–H groups in total. The topological polar surface area (TPSA) is 81.2 Å². The molecular formula is C28H25N3O3. The predicted octanol–water partition coefficient (Wildman–Crippen LogP) is 6.61. The Morgan fingerprint density at radius 2 is 1.68 bits per heavy atom. The minimum atomic E-state index is -0.165. The summed E-state index contributed by atoms with van der Waals surface area (Å²) >= 11 is 0. The molecule has 1 atom stereocenters. The van der Waals surface area contributed by atoms with Crippen LogP contribution in [0, 0.1) is 20.8 Å². The highest BCUT2D eigenvalue weighted by Crippen LogP contribution is 2.34. The van der Waals surface area contributed by atoms with E-state index in [4.69, 9.17) is 8.94 Å². The zero-order chi connectivity index (χ0) is 23.8. The molecule has 0 amide bonds. The molecule has 0 aliphatic heterocycles. The molecule has 0 saturated heterocycles. The van der Waals surface area contributed by atoms with Crippen LogP contribution < -0.4 is 10.7 Å². The van der Waals surface area contributed by atoms with Crippen LogP contribution >= 0.6 is 0 Å². The van der Waals surface area contributed by atoms with Crippen LogP contribution in [0.3, 0.4) is 0 Å². The van der Waals surface area contributed by atoms with Crippen molar-refractivity contribution in [2.24, 2.45) is 0 Å². The molecule has 6 nitrogen and oxygen atoms in total. The van der Waals surface area contributed by atoms with Crippen LogP contribution in [0.2, 0.25) is 0 Å². The Balaban J connectivity index is 1.63. The molecule has 0 bridgehead atoms. The Morgan fingerprint density at radius 1 is 0.941 bits per heavy atom. The average molecular weight is 452 g/mol. The number of nitrogens with one attached hydrogen (secondary N) is 1. The molecule has 6 heteroatoms. The summed E-state index contributed by atoms with van der Waals surface area (Å²) in [5.41, 5.74) is 5.62. The van der Waals surface area contributed by atoms with Crippen molar-refractivity contribution in [1.82, 2.24) is 10.1 Å². The molecule has 0 aliphatic rings. The molecule has 0 spiro atoms. The monoisotopic (exact) mass is 451 g/mol. The maximum atomic E-state index is 13.3. The first-order valence-corrected chi connectivity index (χ1v) is 11.2. The summed E-state index contributed by atoms with van der Waals surface area (Å²) in [4.78, 5) is 17.7. The molecule has 3 aromatic carbocycles. The fraction of sp³-hybridized carbons (Fsp3) is 0.179. The van der Waals surface area contributed by atoms with E-state index >= 15 is 0 Å². The fourth-order valence-corrected chi connectivity index (χ4v) is 4.27. The number of aromatic nitrogens is 2. The van der Waals surface area contributed by atoms with Gasteiger partial charge in [0.15, 0.2) is 11.3 Å². The van der Waals surface area contributed by atoms with Gasteiger partial charge in [-0.2, -0.15) is 4.98 Å². The zero-order valence-corrected chi connectivity index (χ0v) is 19.5. The van der Waals surface area contributed by atoms with Gasteiger partial charge in [0.05, 0.1) is 17.0 Å². The highest BCUT2D eigenvalue weighted by atomic mass is 16.5. The second-order valence-electron chi connectivity index (χ2n) is 8.54. The Kier molecular flexibility index (Phi) is 5.49. The van der Waals surface area contributed by atoms with Crippen molar-refractivity contribution < 1.29 is 8.94 Å². The minimum Gasteiger partial charge on any atom is -0.455 e. The normalized spacial score (nSPS) is 12.1. The molecule has 0 unspecified atom stereocenters. The lowest BCUT2D eigenvalue weighted by Crippen LogP contribution is -2.12. The van der Waals surface area contributed by atoms with Gasteiger partial charge in [0, 0.05) is 22.4 Å². The summed E-state index contributed by atoms with van der Waals surface area (Å²) in [5.74, 6) is 1.63. The Hall–Kier alpha value is -4.19. The molecule has 2 heterocycles. The number of benzene rings is 3. The van der Waals surface area contributed by atoms with Gasteiger partial charge in [-0.25, -0.2) is 0 Å². The van der Waals surface area contributed by atoms with E-state index in [2.05, 4.69) is 21.5 Å². The molecule has 0 aliphatic carbocycles. The van der Waals surface area contributed by atoms with Gasteiger partial charge in [-0.15, -0.1) is 0 Å². The lowest BCUT2D eigenvalue weighted by Gasteiger charge is -2.20. The van der Waals surface area contributed by atoms with Gasteiger partial charge in [-0.05, 0) is 51.5 Å². The maximum absolute atomic E-state index is 13.3. The van der Waals surface area contributed by atoms with Crippen molar-refractivity contribution in [2.75, 3.05) is 5.32 Å². The molecular weight excluding hydrogens is 426 g/mol. The highest BCUT2D eigenvalue weighted by Gasteiger charge is 2.20. The SMILES string of the molecule is Cc1cc([C@@H](C)Nc2ccccc2-c2nc(C)no2)c2oc(-c3ccccc3)c(C)c(=O)c2c1. The summed E-state index contributed by atoms with van der Waals surface area (Å²) in [6, 6.07) is 21.3. The van der Waals surface area contributed by atoms with E-state index in [1.807, 2.05) is 81.4 Å². The van der Waals surface area contributed by atoms with Crippen LogP contribution in [0.4, 0.5) is 5.69 Å². The third-order valence-corrected chi connectivity index (χ3v) is 5.95. The highest BCUT2D eigenvalue weighted by molar-refractivity contribution is 5.85. The molecule has 170 valence electrons. The number of hydrogen-bond donors (Lipinski definition) is 1. The smallest absolute Gasteiger partial charge is 0.260 e. The first-order chi connectivity index (χ1) is 16.4. The van der Waals surface area contributed by atoms with Gasteiger partial charge in [-0.1, -0.05) is 53.7 Å². The second kappa shape index (κ2) is 8.63. The number of aryl methyl sites for hydroxylation is 2. The molecule has 2 aromatic heterocycles. The quantitative estimate of drug-likeness (QED) is 0.324. The number of para-hydroxylation sites is 1. The van der Waals surface area contributed by atoms with E-state index in [9.17, 15) is 4.79 Å². The van der Waals surface area contributed by atoms with Gasteiger partial charge in [-0.3, -0.25) is 4.79 Å². The molecule has 0 fully saturated rings. The summed E-state index contributed by atoms with van der Waals surface area (Å²) in [7, 11) is 0. The first-order valence-electron chi connectivity index (χ1n) is 11.2. The zero-order valence-electron chi connectivity index (χ0n) is 19.5. The van der Waals surface area contributed by atoms with Crippen molar-refractivity contribution in [3.63, 3.8) is 0 Å². The summed E-state index contributed by atoms with van der Waals surface area (Å²) in [6.07, 6.45) is 0. The van der Waals surface area contributed by atoms with Gasteiger partial charge < -0.3 is 14.3 Å². The largest absolute Gasteiger partial charge is 0.455 e. The van der Waals surface area contributed by atoms with Gasteiger partial charge in [0.25, 0.3) is 5.89 Å². The molecule has 0 saturated carbocycles. The maximum Gasteiger partial charge on any atom is 0.260 e. The second-order valence-corrected chi connectivity index (χ2v) is 8.54. The van der Waals surface area contributed by atoms with Crippen molar-refractivity contribution in [1.29, 1.82) is 0 Å². The van der Waals surface area contributed by atoms with E-state index in [1.165, 1.54) is 0 Å². The van der Waals surface area contributed by atoms with E-state index in [0.29, 0.717) is 34.0 Å². The lowest BCUT2D eigenvalue weighted by molar-refractivity contribution is 0.425. The van der Waals surface area contributed by atoms with Crippen molar-refractivity contribution in [2.45, 2.75) is 33.7 Å². The van der Waals surface area contributed by atoms with Crippen LogP contribution in [-0.2, 0) is 0 Å². The number of rotatable bonds is 5. The Bertz CT molecular complexity index is 1550. The van der Waals surface area contributed by atoms with Crippen molar-refractivity contribution in [3.8, 4) is 22.8 Å². The third-order valence-electron chi connectivity index (χ3n) is 5.95. The fourth-order valence-electron chi connectivity index (χ4n) is 4.27. The number of anilines is 1. The van der Waals surface area contributed by atoms with Crippen molar-refractivity contribution >= 4 is 16.7 Å². The summed E-state index contributed by atoms with van der Waals surface area (Å²) in [5, 5.41) is 8.06. The van der Waals surface area contributed by atoms with Crippen LogP contribution in [0.1, 0.15) is 35.5 Å². The first kappa shape index (κ1) is 21.6. The van der Waals surface area contributed by atoms with E-state index in [1.54, 1.807) is 6.92 Å². The Morgan fingerprint density at radius 3 is 2.41 bits per heavy atom. The van der Waals surface area contributed by atoms with Gasteiger partial charge >= 0.3 is 0 Å². The number of fused-ring (bicyclic) bond motifs is 1. The number of hydrogen-bond acceptors (Lipinski definition) is 6. The van der Waals surface area contributed by atoms with Crippen LogP contribution in [0.25, 0.3) is 33.7 Å². The lowest BCUT2D eigenvalue weighted by atomic mass is 9.98. The number of nitrogens with zero attached hydrogens (tertiary/aromatic N) is 2. The summed E-state index contributed by atoms with van der Waals surface area (Å²) in [6.45, 7) is 7.65. The standard InChI is InChI=1S/C28H25N3O3/c1-16-14-22(18(3)29-24-13-9-8-12-21(24)28-30-19(4)31-34-28)27-23(15-16)25(32)17(2)26(33-27)20-10-6-5-7-11-20/h5-15,18,29H,1-4H3/t18-/m1/s1. The molecule has 34 heavy (non-hydrogen) atoms.